The molecule has 4 nitrogen and oxygen atoms in total. The molecule has 22 heavy (non-hydrogen) atoms. The van der Waals surface area contributed by atoms with Crippen LogP contribution in [0.5, 0.6) is 0 Å². The fourth-order valence-corrected chi connectivity index (χ4v) is 2.50. The number of nitrogens with zero attached hydrogens (tertiary/aromatic N) is 3. The minimum absolute atomic E-state index is 0.128. The molecule has 0 atom stereocenters. The number of aryl methyl sites for hydroxylation is 1. The molecule has 2 aromatic heterocycles. The lowest BCUT2D eigenvalue weighted by Gasteiger charge is -2.11. The van der Waals surface area contributed by atoms with Gasteiger partial charge >= 0.3 is 6.18 Å². The molecule has 3 rings (SSSR count). The maximum atomic E-state index is 13.0. The van der Waals surface area contributed by atoms with Gasteiger partial charge in [0.2, 0.25) is 0 Å². The van der Waals surface area contributed by atoms with E-state index >= 15 is 0 Å². The van der Waals surface area contributed by atoms with E-state index in [2.05, 4.69) is 15.2 Å². The molecule has 0 aliphatic heterocycles. The summed E-state index contributed by atoms with van der Waals surface area (Å²) >= 11 is 0. The Hall–Kier alpha value is -2.31. The SMILES string of the molecule is Cc1cc(-n2cc(C(F)(F)F)nc2C(C)C)cc2cn[nH]c12. The zero-order valence-electron chi connectivity index (χ0n) is 12.4. The number of halogens is 3. The van der Waals surface area contributed by atoms with Crippen LogP contribution >= 0.6 is 0 Å². The number of rotatable bonds is 2. The third-order valence-corrected chi connectivity index (χ3v) is 3.55. The topological polar surface area (TPSA) is 46.5 Å². The first-order chi connectivity index (χ1) is 10.3. The fraction of sp³-hybridized carbons (Fsp3) is 0.333. The van der Waals surface area contributed by atoms with Crippen LogP contribution < -0.4 is 0 Å². The zero-order chi connectivity index (χ0) is 16.1. The van der Waals surface area contributed by atoms with Crippen molar-refractivity contribution in [2.75, 3.05) is 0 Å². The second kappa shape index (κ2) is 4.86. The molecule has 0 saturated heterocycles. The first-order valence-corrected chi connectivity index (χ1v) is 6.88. The highest BCUT2D eigenvalue weighted by molar-refractivity contribution is 5.83. The monoisotopic (exact) mass is 308 g/mol. The molecule has 0 aliphatic rings. The summed E-state index contributed by atoms with van der Waals surface area (Å²) in [4.78, 5) is 3.77. The number of alkyl halides is 3. The molecule has 0 radical (unpaired) electrons. The van der Waals surface area contributed by atoms with Gasteiger partial charge in [-0.05, 0) is 24.6 Å². The van der Waals surface area contributed by atoms with Gasteiger partial charge in [0.05, 0.1) is 11.7 Å². The van der Waals surface area contributed by atoms with Crippen LogP contribution in [0, 0.1) is 6.92 Å². The third kappa shape index (κ3) is 2.36. The maximum Gasteiger partial charge on any atom is 0.434 e. The number of aromatic amines is 1. The summed E-state index contributed by atoms with van der Waals surface area (Å²) in [6.45, 7) is 5.53. The maximum absolute atomic E-state index is 13.0. The predicted molar refractivity (Wildman–Crippen MR) is 77.0 cm³/mol. The van der Waals surface area contributed by atoms with Crippen molar-refractivity contribution < 1.29 is 13.2 Å². The van der Waals surface area contributed by atoms with Gasteiger partial charge in [-0.3, -0.25) is 5.10 Å². The van der Waals surface area contributed by atoms with Crippen molar-refractivity contribution in [1.29, 1.82) is 0 Å². The second-order valence-corrected chi connectivity index (χ2v) is 5.60. The summed E-state index contributed by atoms with van der Waals surface area (Å²) in [6.07, 6.45) is -1.75. The van der Waals surface area contributed by atoms with Gasteiger partial charge in [-0.1, -0.05) is 13.8 Å². The number of fused-ring (bicyclic) bond motifs is 1. The molecule has 7 heteroatoms. The fourth-order valence-electron chi connectivity index (χ4n) is 2.50. The Balaban J connectivity index is 2.22. The molecule has 0 saturated carbocycles. The molecule has 0 amide bonds. The first kappa shape index (κ1) is 14.6. The number of nitrogens with one attached hydrogen (secondary N) is 1. The van der Waals surface area contributed by atoms with Gasteiger partial charge in [-0.15, -0.1) is 0 Å². The quantitative estimate of drug-likeness (QED) is 0.771. The van der Waals surface area contributed by atoms with Crippen LogP contribution in [-0.2, 0) is 6.18 Å². The molecule has 2 heterocycles. The largest absolute Gasteiger partial charge is 0.434 e. The average Bonchev–Trinajstić information content (AvgIpc) is 3.04. The molecule has 116 valence electrons. The lowest BCUT2D eigenvalue weighted by molar-refractivity contribution is -0.141. The second-order valence-electron chi connectivity index (χ2n) is 5.60. The molecule has 3 aromatic rings. The highest BCUT2D eigenvalue weighted by atomic mass is 19.4. The molecule has 0 aliphatic carbocycles. The smallest absolute Gasteiger partial charge is 0.303 e. The summed E-state index contributed by atoms with van der Waals surface area (Å²) in [5, 5.41) is 7.70. The molecule has 0 fully saturated rings. The standard InChI is InChI=1S/C15H15F3N4/c1-8(2)14-20-12(15(16,17)18)7-22(14)11-4-9(3)13-10(5-11)6-19-21-13/h4-8H,1-3H3,(H,19,21). The van der Waals surface area contributed by atoms with Crippen molar-refractivity contribution in [1.82, 2.24) is 19.7 Å². The Morgan fingerprint density at radius 1 is 1.23 bits per heavy atom. The van der Waals surface area contributed by atoms with Crippen molar-refractivity contribution >= 4 is 10.9 Å². The Morgan fingerprint density at radius 3 is 2.59 bits per heavy atom. The molecule has 0 spiro atoms. The van der Waals surface area contributed by atoms with Crippen LogP contribution in [-0.4, -0.2) is 19.7 Å². The van der Waals surface area contributed by atoms with Crippen molar-refractivity contribution in [3.05, 3.63) is 41.6 Å². The first-order valence-electron chi connectivity index (χ1n) is 6.88. The van der Waals surface area contributed by atoms with Crippen LogP contribution in [0.15, 0.2) is 24.5 Å². The van der Waals surface area contributed by atoms with Crippen LogP contribution in [0.4, 0.5) is 13.2 Å². The summed E-state index contributed by atoms with van der Waals surface area (Å²) in [7, 11) is 0. The normalized spacial score (nSPS) is 12.5. The Bertz CT molecular complexity index is 827. The lowest BCUT2D eigenvalue weighted by atomic mass is 10.1. The van der Waals surface area contributed by atoms with Gasteiger partial charge in [-0.2, -0.15) is 18.3 Å². The average molecular weight is 308 g/mol. The van der Waals surface area contributed by atoms with E-state index in [1.807, 2.05) is 26.8 Å². The summed E-state index contributed by atoms with van der Waals surface area (Å²) in [5.74, 6) is 0.256. The molecular formula is C15H15F3N4. The van der Waals surface area contributed by atoms with Crippen LogP contribution in [0.2, 0.25) is 0 Å². The summed E-state index contributed by atoms with van der Waals surface area (Å²) in [5.41, 5.74) is 1.58. The lowest BCUT2D eigenvalue weighted by Crippen LogP contribution is -2.05. The van der Waals surface area contributed by atoms with Gasteiger partial charge in [0.15, 0.2) is 5.69 Å². The zero-order valence-corrected chi connectivity index (χ0v) is 12.4. The Labute approximate surface area is 125 Å². The predicted octanol–water partition coefficient (Wildman–Crippen LogP) is 4.20. The third-order valence-electron chi connectivity index (χ3n) is 3.55. The molecule has 1 aromatic carbocycles. The van der Waals surface area contributed by atoms with Gasteiger partial charge in [0.1, 0.15) is 5.82 Å². The van der Waals surface area contributed by atoms with E-state index in [4.69, 9.17) is 0 Å². The van der Waals surface area contributed by atoms with Crippen molar-refractivity contribution in [2.24, 2.45) is 0 Å². The molecular weight excluding hydrogens is 293 g/mol. The van der Waals surface area contributed by atoms with E-state index in [0.717, 1.165) is 22.7 Å². The Morgan fingerprint density at radius 2 is 1.95 bits per heavy atom. The van der Waals surface area contributed by atoms with Gasteiger partial charge in [0.25, 0.3) is 0 Å². The number of benzene rings is 1. The van der Waals surface area contributed by atoms with E-state index in [1.165, 1.54) is 4.57 Å². The van der Waals surface area contributed by atoms with Crippen LogP contribution in [0.3, 0.4) is 0 Å². The van der Waals surface area contributed by atoms with E-state index in [-0.39, 0.29) is 5.92 Å². The molecule has 0 unspecified atom stereocenters. The highest BCUT2D eigenvalue weighted by Crippen LogP contribution is 2.32. The van der Waals surface area contributed by atoms with Crippen molar-refractivity contribution in [3.8, 4) is 5.69 Å². The highest BCUT2D eigenvalue weighted by Gasteiger charge is 2.35. The number of hydrogen-bond acceptors (Lipinski definition) is 2. The number of imidazole rings is 1. The summed E-state index contributed by atoms with van der Waals surface area (Å²) < 4.78 is 40.4. The Kier molecular flexibility index (Phi) is 3.23. The van der Waals surface area contributed by atoms with Crippen LogP contribution in [0.1, 0.15) is 36.8 Å². The molecule has 0 bridgehead atoms. The van der Waals surface area contributed by atoms with Gasteiger partial charge in [-0.25, -0.2) is 4.98 Å². The minimum Gasteiger partial charge on any atom is -0.303 e. The minimum atomic E-state index is -4.45. The van der Waals surface area contributed by atoms with E-state index in [1.54, 1.807) is 12.3 Å². The van der Waals surface area contributed by atoms with Gasteiger partial charge < -0.3 is 4.57 Å². The number of hydrogen-bond donors (Lipinski definition) is 1. The van der Waals surface area contributed by atoms with Crippen molar-refractivity contribution in [3.63, 3.8) is 0 Å². The number of aromatic nitrogens is 4. The van der Waals surface area contributed by atoms with Crippen molar-refractivity contribution in [2.45, 2.75) is 32.9 Å². The number of H-pyrrole nitrogens is 1. The van der Waals surface area contributed by atoms with E-state index in [9.17, 15) is 13.2 Å². The van der Waals surface area contributed by atoms with Gasteiger partial charge in [0, 0.05) is 23.2 Å². The molecule has 1 N–H and O–H groups in total. The summed E-state index contributed by atoms with van der Waals surface area (Å²) in [6, 6.07) is 3.63. The van der Waals surface area contributed by atoms with E-state index < -0.39 is 11.9 Å². The van der Waals surface area contributed by atoms with Crippen LogP contribution in [0.25, 0.3) is 16.6 Å². The van der Waals surface area contributed by atoms with E-state index in [0.29, 0.717) is 11.5 Å².